The Balaban J connectivity index is 2.21. The second kappa shape index (κ2) is 8.56. The molecule has 1 heterocycles. The summed E-state index contributed by atoms with van der Waals surface area (Å²) in [7, 11) is 1.35. The molecule has 1 aliphatic rings. The van der Waals surface area contributed by atoms with E-state index in [0.29, 0.717) is 5.56 Å². The van der Waals surface area contributed by atoms with Crippen LogP contribution in [-0.2, 0) is 4.74 Å². The molecule has 0 radical (unpaired) electrons. The van der Waals surface area contributed by atoms with E-state index in [2.05, 4.69) is 0 Å². The highest BCUT2D eigenvalue weighted by Crippen LogP contribution is 2.32. The van der Waals surface area contributed by atoms with Crippen LogP contribution in [0.15, 0.2) is 24.0 Å². The van der Waals surface area contributed by atoms with Crippen LogP contribution in [0.3, 0.4) is 0 Å². The van der Waals surface area contributed by atoms with Crippen molar-refractivity contribution in [1.82, 2.24) is 0 Å². The lowest BCUT2D eigenvalue weighted by Gasteiger charge is -2.39. The molecule has 0 saturated carbocycles. The van der Waals surface area contributed by atoms with Gasteiger partial charge in [0.15, 0.2) is 11.5 Å². The second-order valence-electron chi connectivity index (χ2n) is 5.47. The lowest BCUT2D eigenvalue weighted by molar-refractivity contribution is -0.277. The lowest BCUT2D eigenvalue weighted by Crippen LogP contribution is -2.60. The molecule has 5 atom stereocenters. The third-order valence-electron chi connectivity index (χ3n) is 3.75. The molecule has 2 rings (SSSR count). The van der Waals surface area contributed by atoms with Crippen LogP contribution in [-0.4, -0.2) is 76.6 Å². The van der Waals surface area contributed by atoms with Crippen LogP contribution in [0.2, 0.25) is 0 Å². The average molecular weight is 360 g/mol. The van der Waals surface area contributed by atoms with Crippen molar-refractivity contribution in [2.45, 2.75) is 30.7 Å². The summed E-state index contributed by atoms with van der Waals surface area (Å²) in [6.45, 7) is -1.31. The van der Waals surface area contributed by atoms with E-state index < -0.39 is 49.7 Å². The molecule has 0 bridgehead atoms. The van der Waals surface area contributed by atoms with Gasteiger partial charge in [-0.3, -0.25) is 0 Å². The van der Waals surface area contributed by atoms with Gasteiger partial charge in [-0.05, 0) is 23.8 Å². The molecule has 140 valence electrons. The topological polar surface area (TPSA) is 129 Å². The molecule has 1 aromatic rings. The maximum atomic E-state index is 13.2. The maximum absolute atomic E-state index is 13.2. The minimum absolute atomic E-state index is 0.133. The van der Waals surface area contributed by atoms with Crippen molar-refractivity contribution in [3.8, 4) is 11.5 Å². The van der Waals surface area contributed by atoms with Crippen LogP contribution in [0.5, 0.6) is 11.5 Å². The minimum atomic E-state index is -1.57. The van der Waals surface area contributed by atoms with Crippen LogP contribution in [0.25, 0.3) is 6.08 Å². The fraction of sp³-hybridized carbons (Fsp3) is 0.500. The van der Waals surface area contributed by atoms with Gasteiger partial charge in [-0.15, -0.1) is 0 Å². The van der Waals surface area contributed by atoms with Crippen molar-refractivity contribution >= 4 is 6.08 Å². The quantitative estimate of drug-likeness (QED) is 0.445. The van der Waals surface area contributed by atoms with Crippen molar-refractivity contribution in [2.75, 3.05) is 20.3 Å². The van der Waals surface area contributed by atoms with Gasteiger partial charge in [0.2, 0.25) is 6.29 Å². The number of ether oxygens (including phenoxy) is 3. The Morgan fingerprint density at radius 2 is 1.88 bits per heavy atom. The van der Waals surface area contributed by atoms with Crippen molar-refractivity contribution < 1.29 is 44.1 Å². The average Bonchev–Trinajstić information content (AvgIpc) is 2.62. The monoisotopic (exact) mass is 360 g/mol. The van der Waals surface area contributed by atoms with E-state index in [4.69, 9.17) is 19.3 Å². The van der Waals surface area contributed by atoms with Crippen LogP contribution in [0, 0.1) is 0 Å². The first-order chi connectivity index (χ1) is 11.9. The Labute approximate surface area is 143 Å². The molecular weight excluding hydrogens is 339 g/mol. The van der Waals surface area contributed by atoms with Crippen molar-refractivity contribution in [3.05, 3.63) is 29.6 Å². The largest absolute Gasteiger partial charge is 0.493 e. The molecule has 5 N–H and O–H groups in total. The molecule has 1 aliphatic heterocycles. The number of aliphatic hydroxyl groups is 5. The standard InChI is InChI=1S/C16H21FO8/c1-23-11-5-8(4-9(17)6-18)2-3-10(11)24-16-15(22)14(21)13(20)12(7-19)25-16/h2-5,12-16,18-22H,6-7H2,1H3/b9-4-/t12-,13-,14+,15-,16-/m1/s1. The van der Waals surface area contributed by atoms with Crippen LogP contribution in [0.1, 0.15) is 5.56 Å². The van der Waals surface area contributed by atoms with Crippen molar-refractivity contribution in [2.24, 2.45) is 0 Å². The second-order valence-corrected chi connectivity index (χ2v) is 5.47. The van der Waals surface area contributed by atoms with Gasteiger partial charge in [-0.1, -0.05) is 6.07 Å². The fourth-order valence-electron chi connectivity index (χ4n) is 2.39. The molecule has 0 spiro atoms. The predicted molar refractivity (Wildman–Crippen MR) is 83.6 cm³/mol. The molecule has 9 heteroatoms. The number of halogens is 1. The summed E-state index contributed by atoms with van der Waals surface area (Å²) >= 11 is 0. The highest BCUT2D eigenvalue weighted by atomic mass is 19.1. The molecule has 1 saturated heterocycles. The van der Waals surface area contributed by atoms with Gasteiger partial charge in [0, 0.05) is 0 Å². The van der Waals surface area contributed by atoms with Crippen molar-refractivity contribution in [1.29, 1.82) is 0 Å². The highest BCUT2D eigenvalue weighted by molar-refractivity contribution is 5.57. The molecule has 8 nitrogen and oxygen atoms in total. The molecule has 25 heavy (non-hydrogen) atoms. The van der Waals surface area contributed by atoms with Crippen LogP contribution >= 0.6 is 0 Å². The summed E-state index contributed by atoms with van der Waals surface area (Å²) in [5.74, 6) is -0.408. The number of rotatable bonds is 6. The zero-order chi connectivity index (χ0) is 18.6. The van der Waals surface area contributed by atoms with Gasteiger partial charge in [0.05, 0.1) is 20.3 Å². The van der Waals surface area contributed by atoms with E-state index in [9.17, 15) is 24.8 Å². The Morgan fingerprint density at radius 1 is 1.16 bits per heavy atom. The molecule has 1 fully saturated rings. The number of methoxy groups -OCH3 is 1. The van der Waals surface area contributed by atoms with Gasteiger partial charge in [-0.25, -0.2) is 4.39 Å². The van der Waals surface area contributed by atoms with E-state index >= 15 is 0 Å². The molecular formula is C16H21FO8. The maximum Gasteiger partial charge on any atom is 0.229 e. The molecule has 0 aliphatic carbocycles. The van der Waals surface area contributed by atoms with Gasteiger partial charge >= 0.3 is 0 Å². The number of aliphatic hydroxyl groups excluding tert-OH is 5. The van der Waals surface area contributed by atoms with E-state index in [1.165, 1.54) is 25.3 Å². The van der Waals surface area contributed by atoms with Crippen LogP contribution in [0.4, 0.5) is 4.39 Å². The molecule has 0 amide bonds. The van der Waals surface area contributed by atoms with Crippen molar-refractivity contribution in [3.63, 3.8) is 0 Å². The predicted octanol–water partition coefficient (Wildman–Crippen LogP) is -0.823. The van der Waals surface area contributed by atoms with Crippen LogP contribution < -0.4 is 9.47 Å². The van der Waals surface area contributed by atoms with E-state index in [1.807, 2.05) is 0 Å². The molecule has 1 aromatic carbocycles. The summed E-state index contributed by atoms with van der Waals surface area (Å²) in [6, 6.07) is 4.35. The van der Waals surface area contributed by atoms with Gasteiger partial charge in [0.1, 0.15) is 30.2 Å². The van der Waals surface area contributed by atoms with Gasteiger partial charge < -0.3 is 39.7 Å². The Morgan fingerprint density at radius 3 is 2.48 bits per heavy atom. The third-order valence-corrected chi connectivity index (χ3v) is 3.75. The lowest BCUT2D eigenvalue weighted by atomic mass is 9.99. The summed E-state index contributed by atoms with van der Waals surface area (Å²) in [5.41, 5.74) is 0.407. The van der Waals surface area contributed by atoms with E-state index in [0.717, 1.165) is 6.08 Å². The summed E-state index contributed by atoms with van der Waals surface area (Å²) < 4.78 is 29.0. The first kappa shape index (κ1) is 19.6. The summed E-state index contributed by atoms with van der Waals surface area (Å²) in [5, 5.41) is 47.4. The fourth-order valence-corrected chi connectivity index (χ4v) is 2.39. The highest BCUT2D eigenvalue weighted by Gasteiger charge is 2.44. The van der Waals surface area contributed by atoms with E-state index in [1.54, 1.807) is 0 Å². The first-order valence-electron chi connectivity index (χ1n) is 7.53. The third kappa shape index (κ3) is 4.46. The van der Waals surface area contributed by atoms with E-state index in [-0.39, 0.29) is 11.5 Å². The number of hydrogen-bond acceptors (Lipinski definition) is 8. The summed E-state index contributed by atoms with van der Waals surface area (Å²) in [4.78, 5) is 0. The normalized spacial score (nSPS) is 30.2. The SMILES string of the molecule is COc1cc(/C=C(\F)CO)ccc1O[C@@H]1O[C@H](CO)[C@@H](O)[C@H](O)[C@H]1O. The Kier molecular flexibility index (Phi) is 6.71. The van der Waals surface area contributed by atoms with Gasteiger partial charge in [-0.2, -0.15) is 0 Å². The molecule has 0 unspecified atom stereocenters. The molecule has 0 aromatic heterocycles. The first-order valence-corrected chi connectivity index (χ1v) is 7.53. The minimum Gasteiger partial charge on any atom is -0.493 e. The smallest absolute Gasteiger partial charge is 0.229 e. The zero-order valence-corrected chi connectivity index (χ0v) is 13.4. The Hall–Kier alpha value is -1.75. The summed E-state index contributed by atoms with van der Waals surface area (Å²) in [6.07, 6.45) is -5.97. The zero-order valence-electron chi connectivity index (χ0n) is 13.4. The van der Waals surface area contributed by atoms with Gasteiger partial charge in [0.25, 0.3) is 0 Å². The Bertz CT molecular complexity index is 606. The number of hydrogen-bond donors (Lipinski definition) is 5. The number of benzene rings is 1.